The first-order valence-electron chi connectivity index (χ1n) is 24.7. The van der Waals surface area contributed by atoms with Gasteiger partial charge in [-0.1, -0.05) is 169 Å². The smallest absolute Gasteiger partial charge is 0.306 e. The van der Waals surface area contributed by atoms with Gasteiger partial charge in [-0.15, -0.1) is 0 Å². The second kappa shape index (κ2) is 43.9. The Labute approximate surface area is 353 Å². The Morgan fingerprint density at radius 1 is 0.526 bits per heavy atom. The van der Waals surface area contributed by atoms with Crippen molar-refractivity contribution in [1.29, 1.82) is 0 Å². The molecular weight excluding hydrogens is 713 g/mol. The van der Waals surface area contributed by atoms with Gasteiger partial charge in [0, 0.05) is 26.5 Å². The monoisotopic (exact) mass is 809 g/mol. The molecule has 1 unspecified atom stereocenters. The summed E-state index contributed by atoms with van der Waals surface area (Å²) in [4.78, 5) is 39.4. The average Bonchev–Trinajstić information content (AvgIpc) is 3.19. The second-order valence-corrected chi connectivity index (χ2v) is 17.2. The molecule has 1 N–H and O–H groups in total. The molecule has 0 saturated heterocycles. The second-order valence-electron chi connectivity index (χ2n) is 17.2. The molecule has 338 valence electrons. The van der Waals surface area contributed by atoms with Crippen LogP contribution < -0.4 is 5.32 Å². The largest absolute Gasteiger partial charge is 0.466 e. The number of unbranched alkanes of at least 4 members (excludes halogenated alkanes) is 22. The highest BCUT2D eigenvalue weighted by Gasteiger charge is 2.15. The summed E-state index contributed by atoms with van der Waals surface area (Å²) in [5.41, 5.74) is 0. The Morgan fingerprint density at radius 2 is 0.982 bits per heavy atom. The minimum Gasteiger partial charge on any atom is -0.466 e. The van der Waals surface area contributed by atoms with Crippen molar-refractivity contribution in [3.63, 3.8) is 0 Å². The number of ether oxygens (including phenoxy) is 3. The van der Waals surface area contributed by atoms with E-state index in [2.05, 4.69) is 37.9 Å². The maximum absolute atomic E-state index is 12.8. The van der Waals surface area contributed by atoms with Crippen LogP contribution in [-0.2, 0) is 28.6 Å². The maximum Gasteiger partial charge on any atom is 0.306 e. The molecule has 0 spiro atoms. The van der Waals surface area contributed by atoms with Crippen LogP contribution in [0.2, 0.25) is 0 Å². The van der Waals surface area contributed by atoms with Crippen molar-refractivity contribution < 1.29 is 28.6 Å². The first kappa shape index (κ1) is 55.3. The third kappa shape index (κ3) is 40.9. The fourth-order valence-corrected chi connectivity index (χ4v) is 7.69. The molecule has 0 aliphatic heterocycles. The van der Waals surface area contributed by atoms with Crippen LogP contribution in [0, 0.1) is 5.92 Å². The topological polar surface area (TPSA) is 94.2 Å². The van der Waals surface area contributed by atoms with Gasteiger partial charge >= 0.3 is 11.9 Å². The van der Waals surface area contributed by atoms with Crippen molar-refractivity contribution in [1.82, 2.24) is 10.2 Å². The van der Waals surface area contributed by atoms with Gasteiger partial charge in [0.15, 0.2) is 0 Å². The van der Waals surface area contributed by atoms with E-state index in [9.17, 15) is 14.4 Å². The van der Waals surface area contributed by atoms with Crippen LogP contribution in [0.1, 0.15) is 240 Å². The quantitative estimate of drug-likeness (QED) is 0.0483. The van der Waals surface area contributed by atoms with E-state index in [4.69, 9.17) is 14.2 Å². The average molecular weight is 809 g/mol. The number of esters is 2. The lowest BCUT2D eigenvalue weighted by molar-refractivity contribution is -0.150. The molecule has 0 heterocycles. The first-order valence-corrected chi connectivity index (χ1v) is 24.7. The van der Waals surface area contributed by atoms with Gasteiger partial charge in [-0.05, 0) is 83.3 Å². The molecule has 0 fully saturated rings. The maximum atomic E-state index is 12.8. The van der Waals surface area contributed by atoms with Crippen LogP contribution in [0.15, 0.2) is 0 Å². The van der Waals surface area contributed by atoms with E-state index >= 15 is 0 Å². The lowest BCUT2D eigenvalue weighted by Gasteiger charge is -2.22. The molecule has 0 saturated carbocycles. The number of nitrogens with zero attached hydrogens (tertiary/aromatic N) is 1. The summed E-state index contributed by atoms with van der Waals surface area (Å²) in [6, 6.07) is 0. The molecule has 1 amide bonds. The molecule has 0 radical (unpaired) electrons. The van der Waals surface area contributed by atoms with Gasteiger partial charge in [-0.2, -0.15) is 0 Å². The van der Waals surface area contributed by atoms with E-state index < -0.39 is 0 Å². The lowest BCUT2D eigenvalue weighted by atomic mass is 9.99. The van der Waals surface area contributed by atoms with Crippen molar-refractivity contribution in [3.8, 4) is 0 Å². The first-order chi connectivity index (χ1) is 27.9. The minimum absolute atomic E-state index is 0.00943. The van der Waals surface area contributed by atoms with Crippen LogP contribution in [0.5, 0.6) is 0 Å². The number of methoxy groups -OCH3 is 1. The Morgan fingerprint density at radius 3 is 1.53 bits per heavy atom. The molecule has 0 aromatic heterocycles. The molecule has 0 aliphatic carbocycles. The van der Waals surface area contributed by atoms with E-state index in [1.165, 1.54) is 122 Å². The number of nitrogens with one attached hydrogen (secondary N) is 1. The molecule has 8 heteroatoms. The zero-order chi connectivity index (χ0) is 41.9. The number of hydrogen-bond acceptors (Lipinski definition) is 7. The van der Waals surface area contributed by atoms with Gasteiger partial charge in [0.05, 0.1) is 6.61 Å². The van der Waals surface area contributed by atoms with Gasteiger partial charge < -0.3 is 24.4 Å². The summed E-state index contributed by atoms with van der Waals surface area (Å²) in [6.07, 6.45) is 38.0. The van der Waals surface area contributed by atoms with Gasteiger partial charge in [0.1, 0.15) is 12.7 Å². The molecular formula is C49H96N2O6. The van der Waals surface area contributed by atoms with E-state index in [-0.39, 0.29) is 30.6 Å². The standard InChI is InChI=1S/C49H96N2O6/c1-6-9-12-15-20-27-35-46(36-28-21-16-13-10-7-2)57-48(53)37-29-22-17-23-30-39-51(41-33-38-50-47(52)44-55-5)40-31-24-18-25-32-42-56-49(54)43-45(4)34-26-19-14-11-8-3/h45-46H,6-44H2,1-5H3,(H,50,52). The van der Waals surface area contributed by atoms with Crippen LogP contribution in [0.25, 0.3) is 0 Å². The van der Waals surface area contributed by atoms with Crippen molar-refractivity contribution in [2.45, 2.75) is 246 Å². The van der Waals surface area contributed by atoms with Gasteiger partial charge in [-0.3, -0.25) is 14.4 Å². The Kier molecular flexibility index (Phi) is 42.6. The Balaban J connectivity index is 4.38. The summed E-state index contributed by atoms with van der Waals surface area (Å²) in [7, 11) is 1.54. The molecule has 0 aliphatic rings. The number of carbonyl (C=O) groups excluding carboxylic acids is 3. The highest BCUT2D eigenvalue weighted by Crippen LogP contribution is 2.19. The number of amides is 1. The van der Waals surface area contributed by atoms with Crippen LogP contribution >= 0.6 is 0 Å². The SMILES string of the molecule is CCCCCCCCC(CCCCCCCC)OC(=O)CCCCCCCN(CCCCCCCOC(=O)CC(C)CCCCCCC)CCCNC(=O)COC. The molecule has 0 aromatic rings. The predicted octanol–water partition coefficient (Wildman–Crippen LogP) is 13.1. The van der Waals surface area contributed by atoms with E-state index in [0.29, 0.717) is 31.9 Å². The highest BCUT2D eigenvalue weighted by atomic mass is 16.5. The van der Waals surface area contributed by atoms with Gasteiger partial charge in [-0.25, -0.2) is 0 Å². The van der Waals surface area contributed by atoms with Crippen molar-refractivity contribution in [3.05, 3.63) is 0 Å². The normalized spacial score (nSPS) is 12.1. The van der Waals surface area contributed by atoms with E-state index in [1.54, 1.807) is 7.11 Å². The summed E-state index contributed by atoms with van der Waals surface area (Å²) in [5, 5.41) is 2.95. The van der Waals surface area contributed by atoms with Crippen molar-refractivity contribution in [2.24, 2.45) is 5.92 Å². The number of hydrogen-bond donors (Lipinski definition) is 1. The molecule has 57 heavy (non-hydrogen) atoms. The third-order valence-electron chi connectivity index (χ3n) is 11.4. The van der Waals surface area contributed by atoms with E-state index in [0.717, 1.165) is 96.7 Å². The molecule has 1 atom stereocenters. The number of rotatable bonds is 45. The van der Waals surface area contributed by atoms with Crippen LogP contribution in [0.3, 0.4) is 0 Å². The zero-order valence-electron chi connectivity index (χ0n) is 38.6. The molecule has 8 nitrogen and oxygen atoms in total. The van der Waals surface area contributed by atoms with Crippen molar-refractivity contribution in [2.75, 3.05) is 46.5 Å². The Hall–Kier alpha value is -1.67. The molecule has 0 aromatic carbocycles. The van der Waals surface area contributed by atoms with Crippen molar-refractivity contribution >= 4 is 17.8 Å². The number of carbonyl (C=O) groups is 3. The van der Waals surface area contributed by atoms with Crippen LogP contribution in [0.4, 0.5) is 0 Å². The fraction of sp³-hybridized carbons (Fsp3) is 0.939. The highest BCUT2D eigenvalue weighted by molar-refractivity contribution is 5.77. The predicted molar refractivity (Wildman–Crippen MR) is 241 cm³/mol. The summed E-state index contributed by atoms with van der Waals surface area (Å²) in [6.45, 7) is 13.4. The van der Waals surface area contributed by atoms with Crippen LogP contribution in [-0.4, -0.2) is 75.4 Å². The fourth-order valence-electron chi connectivity index (χ4n) is 7.69. The summed E-state index contributed by atoms with van der Waals surface area (Å²) >= 11 is 0. The Bertz CT molecular complexity index is 870. The molecule has 0 rings (SSSR count). The summed E-state index contributed by atoms with van der Waals surface area (Å²) in [5.74, 6) is 0.331. The molecule has 0 bridgehead atoms. The minimum atomic E-state index is -0.0583. The van der Waals surface area contributed by atoms with E-state index in [1.807, 2.05) is 0 Å². The zero-order valence-corrected chi connectivity index (χ0v) is 38.6. The lowest BCUT2D eigenvalue weighted by Crippen LogP contribution is -2.32. The summed E-state index contributed by atoms with van der Waals surface area (Å²) < 4.78 is 16.5. The van der Waals surface area contributed by atoms with Gasteiger partial charge in [0.25, 0.3) is 0 Å². The van der Waals surface area contributed by atoms with Gasteiger partial charge in [0.2, 0.25) is 5.91 Å². The third-order valence-corrected chi connectivity index (χ3v) is 11.4.